The molecule has 0 saturated carbocycles. The van der Waals surface area contributed by atoms with E-state index in [1.165, 1.54) is 5.56 Å². The number of likely N-dealkylation sites (tertiary alicyclic amines) is 1. The zero-order valence-electron chi connectivity index (χ0n) is 13.4. The van der Waals surface area contributed by atoms with E-state index in [9.17, 15) is 4.79 Å². The summed E-state index contributed by atoms with van der Waals surface area (Å²) >= 11 is 0. The van der Waals surface area contributed by atoms with Gasteiger partial charge in [0.1, 0.15) is 0 Å². The Hall–Kier alpha value is -2.13. The first-order chi connectivity index (χ1) is 11.2. The molecule has 2 N–H and O–H groups in total. The molecule has 1 aliphatic heterocycles. The lowest BCUT2D eigenvalue weighted by atomic mass is 9.89. The van der Waals surface area contributed by atoms with Crippen LogP contribution < -0.4 is 5.73 Å². The van der Waals surface area contributed by atoms with Crippen molar-refractivity contribution < 1.29 is 4.79 Å². The molecule has 0 aliphatic carbocycles. The molecule has 0 radical (unpaired) electrons. The molecule has 1 amide bonds. The summed E-state index contributed by atoms with van der Waals surface area (Å²) in [7, 11) is 0. The Labute approximate surface area is 138 Å². The Kier molecular flexibility index (Phi) is 5.09. The van der Waals surface area contributed by atoms with Gasteiger partial charge in [0.05, 0.1) is 0 Å². The van der Waals surface area contributed by atoms with Crippen LogP contribution in [0.25, 0.3) is 0 Å². The second kappa shape index (κ2) is 7.42. The topological polar surface area (TPSA) is 46.3 Å². The minimum atomic E-state index is -0.212. The van der Waals surface area contributed by atoms with Crippen LogP contribution in [0.1, 0.15) is 42.3 Å². The van der Waals surface area contributed by atoms with Crippen molar-refractivity contribution in [1.82, 2.24) is 4.90 Å². The minimum absolute atomic E-state index is 0.174. The fourth-order valence-corrected chi connectivity index (χ4v) is 3.32. The van der Waals surface area contributed by atoms with Gasteiger partial charge in [-0.15, -0.1) is 0 Å². The van der Waals surface area contributed by atoms with Crippen molar-refractivity contribution in [2.24, 2.45) is 5.73 Å². The van der Waals surface area contributed by atoms with Crippen molar-refractivity contribution in [3.05, 3.63) is 71.8 Å². The van der Waals surface area contributed by atoms with Gasteiger partial charge in [-0.25, -0.2) is 0 Å². The van der Waals surface area contributed by atoms with E-state index in [0.717, 1.165) is 31.5 Å². The Morgan fingerprint density at radius 3 is 2.17 bits per heavy atom. The maximum Gasteiger partial charge on any atom is 0.224 e. The summed E-state index contributed by atoms with van der Waals surface area (Å²) in [6.45, 7) is 1.67. The van der Waals surface area contributed by atoms with Gasteiger partial charge < -0.3 is 10.6 Å². The Morgan fingerprint density at radius 1 is 1.00 bits per heavy atom. The summed E-state index contributed by atoms with van der Waals surface area (Å²) in [4.78, 5) is 14.4. The van der Waals surface area contributed by atoms with Crippen LogP contribution >= 0.6 is 0 Å². The number of amides is 1. The van der Waals surface area contributed by atoms with Crippen LogP contribution in [0.15, 0.2) is 60.7 Å². The van der Waals surface area contributed by atoms with E-state index in [4.69, 9.17) is 5.73 Å². The highest BCUT2D eigenvalue weighted by molar-refractivity contribution is 5.77. The molecule has 23 heavy (non-hydrogen) atoms. The first kappa shape index (κ1) is 15.8. The summed E-state index contributed by atoms with van der Waals surface area (Å²) < 4.78 is 0. The average molecular weight is 308 g/mol. The first-order valence-corrected chi connectivity index (χ1v) is 8.37. The molecule has 1 unspecified atom stereocenters. The molecule has 3 nitrogen and oxygen atoms in total. The van der Waals surface area contributed by atoms with Crippen LogP contribution in [0.2, 0.25) is 0 Å². The number of nitrogens with two attached hydrogens (primary N) is 1. The third-order valence-corrected chi connectivity index (χ3v) is 4.74. The highest BCUT2D eigenvalue weighted by Crippen LogP contribution is 2.28. The fraction of sp³-hybridized carbons (Fsp3) is 0.350. The predicted octanol–water partition coefficient (Wildman–Crippen LogP) is 3.48. The number of benzene rings is 2. The first-order valence-electron chi connectivity index (χ1n) is 8.37. The Morgan fingerprint density at radius 2 is 1.57 bits per heavy atom. The van der Waals surface area contributed by atoms with Crippen molar-refractivity contribution in [2.45, 2.75) is 31.2 Å². The maximum atomic E-state index is 12.5. The molecule has 120 valence electrons. The van der Waals surface area contributed by atoms with E-state index in [-0.39, 0.29) is 11.9 Å². The molecule has 3 rings (SSSR count). The van der Waals surface area contributed by atoms with Crippen molar-refractivity contribution >= 4 is 5.91 Å². The van der Waals surface area contributed by atoms with Gasteiger partial charge in [-0.2, -0.15) is 0 Å². The summed E-state index contributed by atoms with van der Waals surface area (Å²) in [6, 6.07) is 20.3. The normalized spacial score (nSPS) is 17.0. The van der Waals surface area contributed by atoms with Gasteiger partial charge in [0.25, 0.3) is 0 Å². The number of nitrogens with zero attached hydrogens (tertiary/aromatic N) is 1. The number of carbonyl (C=O) groups excluding carboxylic acids is 1. The highest BCUT2D eigenvalue weighted by atomic mass is 16.2. The van der Waals surface area contributed by atoms with Gasteiger partial charge in [0.15, 0.2) is 0 Å². The van der Waals surface area contributed by atoms with Crippen LogP contribution in [0.3, 0.4) is 0 Å². The van der Waals surface area contributed by atoms with Crippen molar-refractivity contribution in [2.75, 3.05) is 13.1 Å². The van der Waals surface area contributed by atoms with E-state index in [1.54, 1.807) is 0 Å². The van der Waals surface area contributed by atoms with Crippen LogP contribution in [0.4, 0.5) is 0 Å². The lowest BCUT2D eigenvalue weighted by Crippen LogP contribution is -2.39. The zero-order valence-corrected chi connectivity index (χ0v) is 13.4. The van der Waals surface area contributed by atoms with Crippen LogP contribution in [-0.4, -0.2) is 23.9 Å². The Bertz CT molecular complexity index is 619. The largest absolute Gasteiger partial charge is 0.343 e. The summed E-state index contributed by atoms with van der Waals surface area (Å²) in [5.41, 5.74) is 8.59. The SMILES string of the molecule is NC(CC(=O)N1CCC(c2ccccc2)CC1)c1ccccc1. The number of hydrogen-bond donors (Lipinski definition) is 1. The summed E-state index contributed by atoms with van der Waals surface area (Å²) in [5, 5.41) is 0. The van der Waals surface area contributed by atoms with Gasteiger partial charge in [-0.05, 0) is 29.9 Å². The molecule has 2 aromatic carbocycles. The lowest BCUT2D eigenvalue weighted by Gasteiger charge is -2.33. The number of rotatable bonds is 4. The smallest absolute Gasteiger partial charge is 0.224 e. The van der Waals surface area contributed by atoms with Crippen LogP contribution in [-0.2, 0) is 4.79 Å². The van der Waals surface area contributed by atoms with Crippen molar-refractivity contribution in [3.8, 4) is 0 Å². The average Bonchev–Trinajstić information content (AvgIpc) is 2.63. The molecule has 1 heterocycles. The van der Waals surface area contributed by atoms with Crippen molar-refractivity contribution in [3.63, 3.8) is 0 Å². The maximum absolute atomic E-state index is 12.5. The minimum Gasteiger partial charge on any atom is -0.343 e. The van der Waals surface area contributed by atoms with Gasteiger partial charge in [0.2, 0.25) is 5.91 Å². The van der Waals surface area contributed by atoms with E-state index in [0.29, 0.717) is 12.3 Å². The Balaban J connectivity index is 1.52. The quantitative estimate of drug-likeness (QED) is 0.940. The van der Waals surface area contributed by atoms with Crippen LogP contribution in [0, 0.1) is 0 Å². The van der Waals surface area contributed by atoms with Crippen molar-refractivity contribution in [1.29, 1.82) is 0 Å². The van der Waals surface area contributed by atoms with E-state index in [1.807, 2.05) is 41.3 Å². The molecular weight excluding hydrogens is 284 g/mol. The van der Waals surface area contributed by atoms with Gasteiger partial charge in [-0.1, -0.05) is 60.7 Å². The molecule has 1 aliphatic rings. The zero-order chi connectivity index (χ0) is 16.1. The van der Waals surface area contributed by atoms with E-state index >= 15 is 0 Å². The second-order valence-electron chi connectivity index (χ2n) is 6.29. The van der Waals surface area contributed by atoms with Gasteiger partial charge >= 0.3 is 0 Å². The van der Waals surface area contributed by atoms with E-state index < -0.39 is 0 Å². The van der Waals surface area contributed by atoms with E-state index in [2.05, 4.69) is 24.3 Å². The van der Waals surface area contributed by atoms with Crippen LogP contribution in [0.5, 0.6) is 0 Å². The molecular formula is C20H24N2O. The summed E-state index contributed by atoms with van der Waals surface area (Å²) in [6.07, 6.45) is 2.46. The molecule has 2 aromatic rings. The third-order valence-electron chi connectivity index (χ3n) is 4.74. The second-order valence-corrected chi connectivity index (χ2v) is 6.29. The third kappa shape index (κ3) is 3.99. The molecule has 1 saturated heterocycles. The highest BCUT2D eigenvalue weighted by Gasteiger charge is 2.24. The molecule has 1 atom stereocenters. The number of hydrogen-bond acceptors (Lipinski definition) is 2. The molecule has 3 heteroatoms. The molecule has 1 fully saturated rings. The van der Waals surface area contributed by atoms with Gasteiger partial charge in [0, 0.05) is 25.6 Å². The number of carbonyl (C=O) groups is 1. The lowest BCUT2D eigenvalue weighted by molar-refractivity contribution is -0.132. The molecule has 0 aromatic heterocycles. The fourth-order valence-electron chi connectivity index (χ4n) is 3.32. The van der Waals surface area contributed by atoms with Gasteiger partial charge in [-0.3, -0.25) is 4.79 Å². The monoisotopic (exact) mass is 308 g/mol. The standard InChI is InChI=1S/C20H24N2O/c21-19(18-9-5-2-6-10-18)15-20(23)22-13-11-17(12-14-22)16-7-3-1-4-8-16/h1-10,17,19H,11-15,21H2. The number of piperidine rings is 1. The summed E-state index contributed by atoms with van der Waals surface area (Å²) in [5.74, 6) is 0.746. The molecule has 0 spiro atoms. The predicted molar refractivity (Wildman–Crippen MR) is 93.0 cm³/mol. The molecule has 0 bridgehead atoms.